The summed E-state index contributed by atoms with van der Waals surface area (Å²) < 4.78 is 40.3. The minimum Gasteiger partial charge on any atom is -0.355 e. The van der Waals surface area contributed by atoms with Crippen LogP contribution in [0.5, 0.6) is 0 Å². The molecule has 0 unspecified atom stereocenters. The number of carbonyl (C=O) groups excluding carboxylic acids is 3. The molecule has 0 saturated heterocycles. The fourth-order valence-corrected chi connectivity index (χ4v) is 2.41. The second-order valence-corrected chi connectivity index (χ2v) is 6.24. The molecule has 160 valence electrons. The lowest BCUT2D eigenvalue weighted by Crippen LogP contribution is -2.39. The van der Waals surface area contributed by atoms with Gasteiger partial charge >= 0.3 is 12.2 Å². The van der Waals surface area contributed by atoms with Crippen molar-refractivity contribution < 1.29 is 27.6 Å². The predicted octanol–water partition coefficient (Wildman–Crippen LogP) is 3.61. The van der Waals surface area contributed by atoms with Crippen LogP contribution in [-0.4, -0.2) is 30.9 Å². The largest absolute Gasteiger partial charge is 0.418 e. The zero-order valence-corrected chi connectivity index (χ0v) is 16.1. The van der Waals surface area contributed by atoms with Crippen LogP contribution >= 0.6 is 0 Å². The molecule has 2 aromatic carbocycles. The number of anilines is 2. The first-order chi connectivity index (χ1) is 14.2. The lowest BCUT2D eigenvalue weighted by atomic mass is 10.1. The van der Waals surface area contributed by atoms with Crippen molar-refractivity contribution in [3.63, 3.8) is 0 Å². The predicted molar refractivity (Wildman–Crippen MR) is 106 cm³/mol. The van der Waals surface area contributed by atoms with Gasteiger partial charge < -0.3 is 21.3 Å². The van der Waals surface area contributed by atoms with E-state index < -0.39 is 35.3 Å². The average molecular weight is 422 g/mol. The number of halogens is 3. The molecule has 0 radical (unpaired) electrons. The normalized spacial score (nSPS) is 10.8. The molecule has 0 bridgehead atoms. The number of alkyl halides is 3. The van der Waals surface area contributed by atoms with E-state index in [1.165, 1.54) is 18.2 Å². The third-order valence-corrected chi connectivity index (χ3v) is 3.85. The van der Waals surface area contributed by atoms with Crippen molar-refractivity contribution in [2.45, 2.75) is 19.5 Å². The lowest BCUT2D eigenvalue weighted by Gasteiger charge is -2.16. The summed E-state index contributed by atoms with van der Waals surface area (Å²) in [5.41, 5.74) is -1.44. The summed E-state index contributed by atoms with van der Waals surface area (Å²) in [4.78, 5) is 35.5. The molecule has 4 N–H and O–H groups in total. The number of benzene rings is 2. The second-order valence-electron chi connectivity index (χ2n) is 6.24. The zero-order chi connectivity index (χ0) is 22.1. The molecule has 2 rings (SSSR count). The van der Waals surface area contributed by atoms with E-state index in [-0.39, 0.29) is 17.8 Å². The summed E-state index contributed by atoms with van der Waals surface area (Å²) in [5.74, 6) is -1.03. The topological polar surface area (TPSA) is 99.3 Å². The van der Waals surface area contributed by atoms with Crippen molar-refractivity contribution in [2.75, 3.05) is 23.7 Å². The van der Waals surface area contributed by atoms with Crippen molar-refractivity contribution in [3.8, 4) is 0 Å². The van der Waals surface area contributed by atoms with Crippen molar-refractivity contribution >= 4 is 29.2 Å². The highest BCUT2D eigenvalue weighted by Crippen LogP contribution is 2.36. The molecule has 4 amide bonds. The maximum absolute atomic E-state index is 13.4. The molecule has 0 aliphatic heterocycles. The van der Waals surface area contributed by atoms with Gasteiger partial charge in [-0.15, -0.1) is 0 Å². The van der Waals surface area contributed by atoms with Crippen LogP contribution in [0.25, 0.3) is 0 Å². The van der Waals surface area contributed by atoms with E-state index in [4.69, 9.17) is 0 Å². The Morgan fingerprint density at radius 3 is 2.27 bits per heavy atom. The number of hydrogen-bond donors (Lipinski definition) is 4. The molecule has 30 heavy (non-hydrogen) atoms. The first kappa shape index (κ1) is 22.7. The van der Waals surface area contributed by atoms with E-state index in [9.17, 15) is 27.6 Å². The van der Waals surface area contributed by atoms with Gasteiger partial charge in [0.15, 0.2) is 0 Å². The second kappa shape index (κ2) is 10.3. The molecule has 0 aromatic heterocycles. The van der Waals surface area contributed by atoms with Gasteiger partial charge in [0.1, 0.15) is 0 Å². The maximum atomic E-state index is 13.4. The summed E-state index contributed by atoms with van der Waals surface area (Å²) in [6, 6.07) is 10.0. The highest BCUT2D eigenvalue weighted by Gasteiger charge is 2.34. The van der Waals surface area contributed by atoms with Crippen LogP contribution in [0.2, 0.25) is 0 Å². The van der Waals surface area contributed by atoms with Gasteiger partial charge in [-0.2, -0.15) is 13.2 Å². The zero-order valence-electron chi connectivity index (χ0n) is 16.1. The van der Waals surface area contributed by atoms with Crippen LogP contribution in [0.3, 0.4) is 0 Å². The minimum absolute atomic E-state index is 0.0823. The van der Waals surface area contributed by atoms with E-state index in [0.29, 0.717) is 13.0 Å². The van der Waals surface area contributed by atoms with E-state index >= 15 is 0 Å². The molecule has 7 nitrogen and oxygen atoms in total. The monoisotopic (exact) mass is 422 g/mol. The van der Waals surface area contributed by atoms with E-state index in [0.717, 1.165) is 12.1 Å². The molecular formula is C20H21F3N4O3. The summed E-state index contributed by atoms with van der Waals surface area (Å²) in [5, 5.41) is 9.18. The molecule has 0 atom stereocenters. The van der Waals surface area contributed by atoms with Crippen molar-refractivity contribution in [1.82, 2.24) is 10.6 Å². The van der Waals surface area contributed by atoms with Crippen LogP contribution < -0.4 is 21.3 Å². The quantitative estimate of drug-likeness (QED) is 0.549. The lowest BCUT2D eigenvalue weighted by molar-refractivity contribution is -0.136. The number of rotatable bonds is 7. The molecule has 0 heterocycles. The first-order valence-electron chi connectivity index (χ1n) is 9.10. The highest BCUT2D eigenvalue weighted by molar-refractivity contribution is 6.04. The van der Waals surface area contributed by atoms with E-state index in [2.05, 4.69) is 21.3 Å². The Labute approximate surface area is 171 Å². The Morgan fingerprint density at radius 1 is 0.933 bits per heavy atom. The van der Waals surface area contributed by atoms with Crippen molar-refractivity contribution in [3.05, 3.63) is 59.7 Å². The third kappa shape index (κ3) is 6.80. The number of urea groups is 1. The maximum Gasteiger partial charge on any atom is 0.418 e. The van der Waals surface area contributed by atoms with Crippen LogP contribution in [-0.2, 0) is 11.0 Å². The summed E-state index contributed by atoms with van der Waals surface area (Å²) in [6.45, 7) is 1.90. The van der Waals surface area contributed by atoms with Gasteiger partial charge in [-0.05, 0) is 36.8 Å². The van der Waals surface area contributed by atoms with Gasteiger partial charge in [0, 0.05) is 17.8 Å². The Morgan fingerprint density at radius 2 is 1.63 bits per heavy atom. The minimum atomic E-state index is -4.78. The average Bonchev–Trinajstić information content (AvgIpc) is 2.71. The van der Waals surface area contributed by atoms with Gasteiger partial charge in [-0.1, -0.05) is 25.1 Å². The fraction of sp³-hybridized carbons (Fsp3) is 0.250. The van der Waals surface area contributed by atoms with Gasteiger partial charge in [0.2, 0.25) is 5.91 Å². The SMILES string of the molecule is CCCNC(=O)CNC(=O)Nc1ccc(NC(=O)c2ccccc2)cc1C(F)(F)F. The molecule has 0 saturated carbocycles. The van der Waals surface area contributed by atoms with Crippen LogP contribution in [0.15, 0.2) is 48.5 Å². The van der Waals surface area contributed by atoms with Crippen molar-refractivity contribution in [1.29, 1.82) is 0 Å². The summed E-state index contributed by atoms with van der Waals surface area (Å²) in [6.07, 6.45) is -4.07. The molecule has 10 heteroatoms. The molecule has 0 aliphatic rings. The standard InChI is InChI=1S/C20H21F3N4O3/c1-2-10-24-17(28)12-25-19(30)27-16-9-8-14(11-15(16)20(21,22)23)26-18(29)13-6-4-3-5-7-13/h3-9,11H,2,10,12H2,1H3,(H,24,28)(H,26,29)(H2,25,27,30). The highest BCUT2D eigenvalue weighted by atomic mass is 19.4. The molecule has 0 aliphatic carbocycles. The first-order valence-corrected chi connectivity index (χ1v) is 9.10. The van der Waals surface area contributed by atoms with Crippen LogP contribution in [0, 0.1) is 0 Å². The number of amides is 4. The van der Waals surface area contributed by atoms with Gasteiger partial charge in [-0.3, -0.25) is 9.59 Å². The summed E-state index contributed by atoms with van der Waals surface area (Å²) >= 11 is 0. The smallest absolute Gasteiger partial charge is 0.355 e. The Bertz CT molecular complexity index is 902. The third-order valence-electron chi connectivity index (χ3n) is 3.85. The Balaban J connectivity index is 2.10. The fourth-order valence-electron chi connectivity index (χ4n) is 2.41. The van der Waals surface area contributed by atoms with Gasteiger partial charge in [0.05, 0.1) is 17.8 Å². The van der Waals surface area contributed by atoms with E-state index in [1.807, 2.05) is 6.92 Å². The molecular weight excluding hydrogens is 401 g/mol. The Hall–Kier alpha value is -3.56. The van der Waals surface area contributed by atoms with E-state index in [1.54, 1.807) is 18.2 Å². The number of carbonyl (C=O) groups is 3. The van der Waals surface area contributed by atoms with Crippen LogP contribution in [0.4, 0.5) is 29.3 Å². The molecule has 2 aromatic rings. The summed E-state index contributed by atoms with van der Waals surface area (Å²) in [7, 11) is 0. The molecule has 0 fully saturated rings. The number of hydrogen-bond acceptors (Lipinski definition) is 3. The number of nitrogens with one attached hydrogen (secondary N) is 4. The molecule has 0 spiro atoms. The van der Waals surface area contributed by atoms with Crippen LogP contribution in [0.1, 0.15) is 29.3 Å². The Kier molecular flexibility index (Phi) is 7.79. The van der Waals surface area contributed by atoms with Gasteiger partial charge in [0.25, 0.3) is 5.91 Å². The van der Waals surface area contributed by atoms with Gasteiger partial charge in [-0.25, -0.2) is 4.79 Å². The van der Waals surface area contributed by atoms with Crippen molar-refractivity contribution in [2.24, 2.45) is 0 Å².